The van der Waals surface area contributed by atoms with E-state index in [1.807, 2.05) is 0 Å². The summed E-state index contributed by atoms with van der Waals surface area (Å²) in [5, 5.41) is 11.9. The molecule has 1 aliphatic heterocycles. The second kappa shape index (κ2) is 7.54. The number of likely N-dealkylation sites (tertiary alicyclic amines) is 1. The Kier molecular flexibility index (Phi) is 5.70. The highest BCUT2D eigenvalue weighted by molar-refractivity contribution is 5.91. The van der Waals surface area contributed by atoms with E-state index in [0.717, 1.165) is 18.2 Å². The van der Waals surface area contributed by atoms with Gasteiger partial charge in [0.1, 0.15) is 11.6 Å². The summed E-state index contributed by atoms with van der Waals surface area (Å²) in [7, 11) is 0. The number of urea groups is 1. The standard InChI is InChI=1S/C15H19F3N2O3/c1-9(21)10-4-6-20(7-5-10)15(22)19-12-8-11(16)2-3-13(12)23-14(17)18/h2-3,8-10,14,21H,4-7H2,1H3,(H,19,22). The van der Waals surface area contributed by atoms with Crippen LogP contribution in [0, 0.1) is 11.7 Å². The van der Waals surface area contributed by atoms with Crippen LogP contribution in [-0.2, 0) is 0 Å². The number of carbonyl (C=O) groups is 1. The second-order valence-electron chi connectivity index (χ2n) is 5.51. The molecule has 1 fully saturated rings. The molecule has 1 heterocycles. The van der Waals surface area contributed by atoms with E-state index in [9.17, 15) is 23.1 Å². The van der Waals surface area contributed by atoms with Crippen LogP contribution in [0.1, 0.15) is 19.8 Å². The van der Waals surface area contributed by atoms with Gasteiger partial charge in [0.25, 0.3) is 0 Å². The third-order valence-electron chi connectivity index (χ3n) is 3.91. The fraction of sp³-hybridized carbons (Fsp3) is 0.533. The van der Waals surface area contributed by atoms with Gasteiger partial charge in [-0.05, 0) is 37.8 Å². The van der Waals surface area contributed by atoms with E-state index < -0.39 is 24.6 Å². The Labute approximate surface area is 132 Å². The van der Waals surface area contributed by atoms with Gasteiger partial charge < -0.3 is 20.1 Å². The zero-order valence-corrected chi connectivity index (χ0v) is 12.6. The predicted octanol–water partition coefficient (Wildman–Crippen LogP) is 3.05. The van der Waals surface area contributed by atoms with Crippen molar-refractivity contribution in [3.05, 3.63) is 24.0 Å². The molecule has 0 radical (unpaired) electrons. The molecule has 1 unspecified atom stereocenters. The fourth-order valence-electron chi connectivity index (χ4n) is 2.58. The molecule has 2 N–H and O–H groups in total. The highest BCUT2D eigenvalue weighted by Crippen LogP contribution is 2.28. The van der Waals surface area contributed by atoms with Crippen molar-refractivity contribution in [1.82, 2.24) is 4.90 Å². The molecule has 1 aromatic carbocycles. The number of anilines is 1. The third kappa shape index (κ3) is 4.75. The number of alkyl halides is 2. The molecule has 0 aromatic heterocycles. The van der Waals surface area contributed by atoms with Gasteiger partial charge in [0, 0.05) is 19.2 Å². The molecular formula is C15H19F3N2O3. The lowest BCUT2D eigenvalue weighted by molar-refractivity contribution is -0.0494. The van der Waals surface area contributed by atoms with Crippen molar-refractivity contribution in [1.29, 1.82) is 0 Å². The van der Waals surface area contributed by atoms with Crippen LogP contribution in [0.5, 0.6) is 5.75 Å². The van der Waals surface area contributed by atoms with E-state index in [2.05, 4.69) is 10.1 Å². The number of hydrogen-bond donors (Lipinski definition) is 2. The maximum Gasteiger partial charge on any atom is 0.387 e. The highest BCUT2D eigenvalue weighted by Gasteiger charge is 2.26. The largest absolute Gasteiger partial charge is 0.433 e. The molecule has 1 aromatic rings. The summed E-state index contributed by atoms with van der Waals surface area (Å²) in [4.78, 5) is 13.7. The van der Waals surface area contributed by atoms with Gasteiger partial charge in [0.15, 0.2) is 0 Å². The van der Waals surface area contributed by atoms with Crippen molar-refractivity contribution >= 4 is 11.7 Å². The van der Waals surface area contributed by atoms with Crippen LogP contribution in [0.4, 0.5) is 23.7 Å². The van der Waals surface area contributed by atoms with E-state index in [1.165, 1.54) is 4.90 Å². The molecule has 1 atom stereocenters. The lowest BCUT2D eigenvalue weighted by atomic mass is 9.92. The smallest absolute Gasteiger partial charge is 0.387 e. The molecule has 1 saturated heterocycles. The van der Waals surface area contributed by atoms with Crippen LogP contribution in [0.3, 0.4) is 0 Å². The second-order valence-corrected chi connectivity index (χ2v) is 5.51. The lowest BCUT2D eigenvalue weighted by Crippen LogP contribution is -2.42. The van der Waals surface area contributed by atoms with E-state index in [0.29, 0.717) is 25.9 Å². The predicted molar refractivity (Wildman–Crippen MR) is 78.0 cm³/mol. The molecule has 1 aliphatic rings. The van der Waals surface area contributed by atoms with Crippen LogP contribution < -0.4 is 10.1 Å². The number of benzene rings is 1. The number of amides is 2. The molecule has 0 bridgehead atoms. The molecule has 8 heteroatoms. The maximum atomic E-state index is 13.3. The summed E-state index contributed by atoms with van der Waals surface area (Å²) in [6.07, 6.45) is 0.859. The van der Waals surface area contributed by atoms with Gasteiger partial charge in [0.2, 0.25) is 0 Å². The van der Waals surface area contributed by atoms with E-state index in [1.54, 1.807) is 6.92 Å². The minimum atomic E-state index is -3.07. The zero-order valence-electron chi connectivity index (χ0n) is 12.6. The topological polar surface area (TPSA) is 61.8 Å². The number of hydrogen-bond acceptors (Lipinski definition) is 3. The van der Waals surface area contributed by atoms with Crippen LogP contribution in [0.2, 0.25) is 0 Å². The number of ether oxygens (including phenoxy) is 1. The first kappa shape index (κ1) is 17.4. The van der Waals surface area contributed by atoms with Crippen molar-refractivity contribution in [2.24, 2.45) is 5.92 Å². The number of piperidine rings is 1. The van der Waals surface area contributed by atoms with Gasteiger partial charge in [0.05, 0.1) is 11.8 Å². The molecule has 2 rings (SSSR count). The van der Waals surface area contributed by atoms with Crippen LogP contribution >= 0.6 is 0 Å². The first-order valence-corrected chi connectivity index (χ1v) is 7.35. The average Bonchev–Trinajstić information content (AvgIpc) is 2.49. The molecule has 23 heavy (non-hydrogen) atoms. The summed E-state index contributed by atoms with van der Waals surface area (Å²) < 4.78 is 42.3. The summed E-state index contributed by atoms with van der Waals surface area (Å²) in [5.74, 6) is -0.839. The van der Waals surface area contributed by atoms with Gasteiger partial charge in [-0.2, -0.15) is 8.78 Å². The van der Waals surface area contributed by atoms with E-state index in [-0.39, 0.29) is 17.4 Å². The molecule has 128 valence electrons. The number of halogens is 3. The maximum absolute atomic E-state index is 13.3. The summed E-state index contributed by atoms with van der Waals surface area (Å²) in [5.41, 5.74) is -0.145. The number of rotatable bonds is 4. The number of nitrogens with zero attached hydrogens (tertiary/aromatic N) is 1. The Balaban J connectivity index is 2.01. The lowest BCUT2D eigenvalue weighted by Gasteiger charge is -2.33. The normalized spacial score (nSPS) is 17.2. The minimum absolute atomic E-state index is 0.131. The number of aliphatic hydroxyl groups excluding tert-OH is 1. The van der Waals surface area contributed by atoms with Gasteiger partial charge in [-0.1, -0.05) is 0 Å². The van der Waals surface area contributed by atoms with Crippen LogP contribution in [0.25, 0.3) is 0 Å². The monoisotopic (exact) mass is 332 g/mol. The Morgan fingerprint density at radius 2 is 2.04 bits per heavy atom. The first-order chi connectivity index (χ1) is 10.9. The van der Waals surface area contributed by atoms with Crippen molar-refractivity contribution in [3.8, 4) is 5.75 Å². The van der Waals surface area contributed by atoms with Crippen molar-refractivity contribution < 1.29 is 27.8 Å². The quantitative estimate of drug-likeness (QED) is 0.891. The summed E-state index contributed by atoms with van der Waals surface area (Å²) in [6.45, 7) is -0.497. The van der Waals surface area contributed by atoms with Gasteiger partial charge >= 0.3 is 12.6 Å². The molecule has 0 spiro atoms. The van der Waals surface area contributed by atoms with Gasteiger partial charge in [-0.15, -0.1) is 0 Å². The van der Waals surface area contributed by atoms with Crippen LogP contribution in [-0.4, -0.2) is 41.8 Å². The van der Waals surface area contributed by atoms with E-state index in [4.69, 9.17) is 0 Å². The summed E-state index contributed by atoms with van der Waals surface area (Å²) in [6, 6.07) is 2.43. The highest BCUT2D eigenvalue weighted by atomic mass is 19.3. The Hall–Kier alpha value is -1.96. The van der Waals surface area contributed by atoms with Crippen LogP contribution in [0.15, 0.2) is 18.2 Å². The number of nitrogens with one attached hydrogen (secondary N) is 1. The molecule has 2 amide bonds. The molecule has 0 saturated carbocycles. The SMILES string of the molecule is CC(O)C1CCN(C(=O)Nc2cc(F)ccc2OC(F)F)CC1. The fourth-order valence-corrected chi connectivity index (χ4v) is 2.58. The number of aliphatic hydroxyl groups is 1. The van der Waals surface area contributed by atoms with Gasteiger partial charge in [-0.25, -0.2) is 9.18 Å². The molecule has 5 nitrogen and oxygen atoms in total. The minimum Gasteiger partial charge on any atom is -0.433 e. The zero-order chi connectivity index (χ0) is 17.0. The average molecular weight is 332 g/mol. The van der Waals surface area contributed by atoms with Crippen molar-refractivity contribution in [2.75, 3.05) is 18.4 Å². The Morgan fingerprint density at radius 3 is 2.61 bits per heavy atom. The third-order valence-corrected chi connectivity index (χ3v) is 3.91. The molecular weight excluding hydrogens is 313 g/mol. The van der Waals surface area contributed by atoms with Crippen molar-refractivity contribution in [3.63, 3.8) is 0 Å². The Bertz CT molecular complexity index is 547. The van der Waals surface area contributed by atoms with Gasteiger partial charge in [-0.3, -0.25) is 0 Å². The first-order valence-electron chi connectivity index (χ1n) is 7.35. The molecule has 0 aliphatic carbocycles. The van der Waals surface area contributed by atoms with E-state index >= 15 is 0 Å². The van der Waals surface area contributed by atoms with Crippen molar-refractivity contribution in [2.45, 2.75) is 32.5 Å². The Morgan fingerprint density at radius 1 is 1.39 bits per heavy atom. The summed E-state index contributed by atoms with van der Waals surface area (Å²) >= 11 is 0. The number of carbonyl (C=O) groups excluding carboxylic acids is 1.